The van der Waals surface area contributed by atoms with Gasteiger partial charge in [-0.25, -0.2) is 0 Å². The predicted octanol–water partition coefficient (Wildman–Crippen LogP) is -6.62. The van der Waals surface area contributed by atoms with Crippen molar-refractivity contribution in [3.05, 3.63) is 12.8 Å². The van der Waals surface area contributed by atoms with Gasteiger partial charge in [-0.2, -0.15) is 0 Å². The summed E-state index contributed by atoms with van der Waals surface area (Å²) in [5.41, 5.74) is 0. The third-order valence-corrected chi connectivity index (χ3v) is 1.33. The molecule has 0 saturated carbocycles. The first-order valence-electron chi connectivity index (χ1n) is 3.43. The minimum Gasteiger partial charge on any atom is 1.00 e. The van der Waals surface area contributed by atoms with Crippen molar-refractivity contribution in [3.8, 4) is 0 Å². The van der Waals surface area contributed by atoms with Crippen LogP contribution in [0.3, 0.4) is 0 Å². The van der Waals surface area contributed by atoms with Gasteiger partial charge in [-0.15, -0.1) is 0 Å². The van der Waals surface area contributed by atoms with E-state index in [4.69, 9.17) is 13.3 Å². The average Bonchev–Trinajstić information content (AvgIpc) is 2.31. The van der Waals surface area contributed by atoms with Crippen LogP contribution < -0.4 is 59.1 Å². The van der Waals surface area contributed by atoms with Gasteiger partial charge >= 0.3 is 95.2 Å². The van der Waals surface area contributed by atoms with Crippen LogP contribution in [-0.2, 0) is 13.2 Å². The van der Waals surface area contributed by atoms with Crippen molar-refractivity contribution in [2.24, 2.45) is 0 Å². The third kappa shape index (κ3) is 15.8. The molecule has 15 heavy (non-hydrogen) atoms. The van der Waals surface area contributed by atoms with Crippen LogP contribution in [0.2, 0.25) is 0 Å². The zero-order chi connectivity index (χ0) is 10.5. The SMILES string of the molecule is C=CN1CCCC1=O.O=S([O-])([O-])=[Se].[Na+].[Na+]. The molecule has 1 aliphatic rings. The quantitative estimate of drug-likeness (QED) is 0.450. The van der Waals surface area contributed by atoms with Crippen LogP contribution in [0.1, 0.15) is 12.8 Å². The molecule has 0 spiro atoms. The average molecular weight is 316 g/mol. The summed E-state index contributed by atoms with van der Waals surface area (Å²) in [4.78, 5) is 12.3. The van der Waals surface area contributed by atoms with E-state index in [-0.39, 0.29) is 65.0 Å². The minimum atomic E-state index is -4.04. The molecule has 5 nitrogen and oxygen atoms in total. The van der Waals surface area contributed by atoms with Crippen LogP contribution >= 0.6 is 0 Å². The van der Waals surface area contributed by atoms with E-state index in [1.807, 2.05) is 0 Å². The van der Waals surface area contributed by atoms with Crippen molar-refractivity contribution in [1.29, 1.82) is 0 Å². The fourth-order valence-electron chi connectivity index (χ4n) is 0.862. The number of amides is 1. The van der Waals surface area contributed by atoms with Gasteiger partial charge in [0.25, 0.3) is 0 Å². The fraction of sp³-hybridized carbons (Fsp3) is 0.500. The Balaban J connectivity index is -0.000000185. The van der Waals surface area contributed by atoms with Gasteiger partial charge in [-0.05, 0) is 12.6 Å². The Labute approximate surface area is 141 Å². The van der Waals surface area contributed by atoms with E-state index >= 15 is 0 Å². The number of hydrogen-bond acceptors (Lipinski definition) is 4. The summed E-state index contributed by atoms with van der Waals surface area (Å²) in [7, 11) is -4.04. The van der Waals surface area contributed by atoms with Crippen LogP contribution in [0.5, 0.6) is 0 Å². The molecule has 76 valence electrons. The standard InChI is InChI=1S/C6H9NO.2Na.H2O3SSe/c1-2-7-5-3-4-6(7)8;;;1-4(2,3)5/h2H,1,3-5H2;;;(H2,1,2,3,5)/q;2*+1;/p-2. The summed E-state index contributed by atoms with van der Waals surface area (Å²) < 4.78 is 27.1. The van der Waals surface area contributed by atoms with Gasteiger partial charge in [-0.3, -0.25) is 4.79 Å². The van der Waals surface area contributed by atoms with Gasteiger partial charge in [0.15, 0.2) is 0 Å². The topological polar surface area (TPSA) is 83.5 Å². The summed E-state index contributed by atoms with van der Waals surface area (Å²) in [5.74, 6) is 0.208. The molecule has 0 N–H and O–H groups in total. The second kappa shape index (κ2) is 10.9. The van der Waals surface area contributed by atoms with Crippen molar-refractivity contribution < 1.29 is 77.2 Å². The summed E-state index contributed by atoms with van der Waals surface area (Å²) >= 11 is 1.40. The first-order chi connectivity index (χ1) is 5.84. The Kier molecular flexibility index (Phi) is 16.0. The summed E-state index contributed by atoms with van der Waals surface area (Å²) in [6, 6.07) is 0. The Morgan fingerprint density at radius 2 is 1.87 bits per heavy atom. The first-order valence-corrected chi connectivity index (χ1v) is 6.86. The third-order valence-electron chi connectivity index (χ3n) is 1.33. The number of likely N-dealkylation sites (tertiary alicyclic amines) is 1. The summed E-state index contributed by atoms with van der Waals surface area (Å²) in [5, 5.41) is 0. The molecule has 1 saturated heterocycles. The van der Waals surface area contributed by atoms with Crippen molar-refractivity contribution in [2.45, 2.75) is 12.8 Å². The van der Waals surface area contributed by atoms with Gasteiger partial charge < -0.3 is 4.90 Å². The molecule has 1 aliphatic heterocycles. The van der Waals surface area contributed by atoms with Crippen LogP contribution in [0.25, 0.3) is 0 Å². The number of hydrogen-bond donors (Lipinski definition) is 0. The normalized spacial score (nSPS) is 14.3. The number of rotatable bonds is 1. The Morgan fingerprint density at radius 1 is 1.47 bits per heavy atom. The maximum Gasteiger partial charge on any atom is 1.00 e. The predicted molar refractivity (Wildman–Crippen MR) is 46.6 cm³/mol. The van der Waals surface area contributed by atoms with Crippen LogP contribution in [-0.4, -0.2) is 45.0 Å². The van der Waals surface area contributed by atoms with Crippen molar-refractivity contribution in [3.63, 3.8) is 0 Å². The van der Waals surface area contributed by atoms with Crippen molar-refractivity contribution in [1.82, 2.24) is 4.90 Å². The summed E-state index contributed by atoms with van der Waals surface area (Å²) in [6.07, 6.45) is 3.28. The number of nitrogens with zero attached hydrogens (tertiary/aromatic N) is 1. The van der Waals surface area contributed by atoms with E-state index in [1.165, 1.54) is 14.4 Å². The van der Waals surface area contributed by atoms with Crippen molar-refractivity contribution in [2.75, 3.05) is 6.54 Å². The van der Waals surface area contributed by atoms with Gasteiger partial charge in [0, 0.05) is 13.0 Å². The molecule has 0 atom stereocenters. The van der Waals surface area contributed by atoms with Crippen LogP contribution in [0, 0.1) is 0 Å². The van der Waals surface area contributed by atoms with E-state index in [0.29, 0.717) is 6.42 Å². The zero-order valence-corrected chi connectivity index (χ0v) is 15.3. The number of carbonyl (C=O) groups is 1. The minimum absolute atomic E-state index is 0. The first kappa shape index (κ1) is 22.0. The Hall–Kier alpha value is 1.80. The van der Waals surface area contributed by atoms with Crippen molar-refractivity contribution >= 4 is 28.7 Å². The molecule has 1 amide bonds. The number of carbonyl (C=O) groups excluding carboxylic acids is 1. The van der Waals surface area contributed by atoms with Gasteiger partial charge in [0.1, 0.15) is 0 Å². The van der Waals surface area contributed by atoms with E-state index in [1.54, 1.807) is 11.1 Å². The molecule has 1 fully saturated rings. The molecule has 0 radical (unpaired) electrons. The van der Waals surface area contributed by atoms with Gasteiger partial charge in [0.2, 0.25) is 5.91 Å². The molecule has 0 aromatic carbocycles. The van der Waals surface area contributed by atoms with Gasteiger partial charge in [-0.1, -0.05) is 6.58 Å². The largest absolute Gasteiger partial charge is 1.00 e. The van der Waals surface area contributed by atoms with E-state index in [2.05, 4.69) is 6.58 Å². The fourth-order valence-corrected chi connectivity index (χ4v) is 0.862. The second-order valence-corrected chi connectivity index (χ2v) is 5.67. The van der Waals surface area contributed by atoms with Crippen LogP contribution in [0.4, 0.5) is 0 Å². The maximum atomic E-state index is 10.7. The van der Waals surface area contributed by atoms with Gasteiger partial charge in [0.05, 0.1) is 0 Å². The Morgan fingerprint density at radius 3 is 2.00 bits per heavy atom. The summed E-state index contributed by atoms with van der Waals surface area (Å²) in [6.45, 7) is 4.36. The maximum absolute atomic E-state index is 10.7. The molecule has 9 heteroatoms. The molecule has 1 heterocycles. The smallest absolute Gasteiger partial charge is 1.00 e. The molecule has 0 bridgehead atoms. The van der Waals surface area contributed by atoms with E-state index in [0.717, 1.165) is 13.0 Å². The molecular formula is C6H9NNa2O4SSe. The molecule has 0 aromatic rings. The van der Waals surface area contributed by atoms with Crippen LogP contribution in [0.15, 0.2) is 12.8 Å². The van der Waals surface area contributed by atoms with E-state index < -0.39 is 8.42 Å². The monoisotopic (exact) mass is 317 g/mol. The van der Waals surface area contributed by atoms with E-state index in [9.17, 15) is 4.79 Å². The second-order valence-electron chi connectivity index (χ2n) is 2.28. The molecule has 0 aliphatic carbocycles. The Bertz CT molecular complexity index is 288. The molecule has 0 unspecified atom stereocenters. The molecule has 1 rings (SSSR count). The molecule has 0 aromatic heterocycles. The molecular weight excluding hydrogens is 307 g/mol. The zero-order valence-electron chi connectivity index (χ0n) is 8.80.